The molecule has 17 heavy (non-hydrogen) atoms. The molecule has 0 spiro atoms. The molecule has 2 aromatic carbocycles. The Balaban J connectivity index is 2.39. The summed E-state index contributed by atoms with van der Waals surface area (Å²) in [5, 5.41) is 11.3. The van der Waals surface area contributed by atoms with E-state index in [2.05, 4.69) is 22.6 Å². The first-order chi connectivity index (χ1) is 8.08. The molecular weight excluding hydrogens is 370 g/mol. The first-order valence-corrected chi connectivity index (χ1v) is 6.80. The highest BCUT2D eigenvalue weighted by molar-refractivity contribution is 14.1. The quantitative estimate of drug-likeness (QED) is 0.752. The molecule has 1 N–H and O–H groups in total. The van der Waals surface area contributed by atoms with Crippen molar-refractivity contribution in [3.05, 3.63) is 67.2 Å². The number of hydrogen-bond donors (Lipinski definition) is 1. The van der Waals surface area contributed by atoms with Crippen molar-refractivity contribution in [2.75, 3.05) is 0 Å². The van der Waals surface area contributed by atoms with Gasteiger partial charge in [-0.3, -0.25) is 0 Å². The van der Waals surface area contributed by atoms with Crippen LogP contribution in [0, 0.1) is 3.57 Å². The Morgan fingerprint density at radius 2 is 1.65 bits per heavy atom. The van der Waals surface area contributed by atoms with Crippen LogP contribution in [0.2, 0.25) is 10.0 Å². The monoisotopic (exact) mass is 378 g/mol. The van der Waals surface area contributed by atoms with Crippen LogP contribution in [0.4, 0.5) is 0 Å². The normalized spacial score (nSPS) is 12.5. The van der Waals surface area contributed by atoms with Crippen LogP contribution in [0.25, 0.3) is 0 Å². The minimum absolute atomic E-state index is 0.514. The van der Waals surface area contributed by atoms with E-state index in [1.807, 2.05) is 24.3 Å². The summed E-state index contributed by atoms with van der Waals surface area (Å²) in [6, 6.07) is 12.7. The third kappa shape index (κ3) is 3.13. The minimum Gasteiger partial charge on any atom is -0.384 e. The third-order valence-electron chi connectivity index (χ3n) is 2.44. The number of hydrogen-bond acceptors (Lipinski definition) is 1. The maximum Gasteiger partial charge on any atom is 0.106 e. The summed E-state index contributed by atoms with van der Waals surface area (Å²) in [5.41, 5.74) is 1.43. The lowest BCUT2D eigenvalue weighted by atomic mass is 10.0. The van der Waals surface area contributed by atoms with E-state index < -0.39 is 6.10 Å². The lowest BCUT2D eigenvalue weighted by Crippen LogP contribution is -2.00. The van der Waals surface area contributed by atoms with E-state index in [0.717, 1.165) is 9.13 Å². The Bertz CT molecular complexity index is 525. The summed E-state index contributed by atoms with van der Waals surface area (Å²) >= 11 is 14.2. The Labute approximate surface area is 124 Å². The van der Waals surface area contributed by atoms with Gasteiger partial charge in [0.25, 0.3) is 0 Å². The van der Waals surface area contributed by atoms with Crippen LogP contribution in [-0.2, 0) is 0 Å². The molecule has 88 valence electrons. The van der Waals surface area contributed by atoms with E-state index >= 15 is 0 Å². The number of rotatable bonds is 2. The third-order valence-corrected chi connectivity index (χ3v) is 3.74. The summed E-state index contributed by atoms with van der Waals surface area (Å²) in [4.78, 5) is 0. The molecular formula is C13H9Cl2IO. The minimum atomic E-state index is -0.752. The fourth-order valence-electron chi connectivity index (χ4n) is 1.55. The van der Waals surface area contributed by atoms with Crippen LogP contribution < -0.4 is 0 Å². The van der Waals surface area contributed by atoms with Crippen molar-refractivity contribution in [2.24, 2.45) is 0 Å². The van der Waals surface area contributed by atoms with Gasteiger partial charge in [0.15, 0.2) is 0 Å². The smallest absolute Gasteiger partial charge is 0.106 e. The zero-order valence-corrected chi connectivity index (χ0v) is 12.4. The van der Waals surface area contributed by atoms with Gasteiger partial charge < -0.3 is 5.11 Å². The van der Waals surface area contributed by atoms with Gasteiger partial charge in [-0.25, -0.2) is 0 Å². The Morgan fingerprint density at radius 3 is 2.29 bits per heavy atom. The predicted molar refractivity (Wildman–Crippen MR) is 79.7 cm³/mol. The van der Waals surface area contributed by atoms with Gasteiger partial charge >= 0.3 is 0 Å². The molecule has 4 heteroatoms. The number of aliphatic hydroxyl groups is 1. The predicted octanol–water partition coefficient (Wildman–Crippen LogP) is 4.68. The second-order valence-corrected chi connectivity index (χ2v) is 5.71. The number of benzene rings is 2. The summed E-state index contributed by atoms with van der Waals surface area (Å²) in [6.07, 6.45) is -0.752. The fraction of sp³-hybridized carbons (Fsp3) is 0.0769. The second-order valence-electron chi connectivity index (χ2n) is 3.62. The molecule has 0 aliphatic rings. The molecule has 1 unspecified atom stereocenters. The van der Waals surface area contributed by atoms with Crippen LogP contribution in [0.1, 0.15) is 17.2 Å². The van der Waals surface area contributed by atoms with Crippen molar-refractivity contribution in [1.82, 2.24) is 0 Å². The highest BCUT2D eigenvalue weighted by Gasteiger charge is 2.14. The van der Waals surface area contributed by atoms with Crippen LogP contribution in [0.5, 0.6) is 0 Å². The molecule has 0 aliphatic heterocycles. The lowest BCUT2D eigenvalue weighted by Gasteiger charge is -2.13. The summed E-state index contributed by atoms with van der Waals surface area (Å²) in [7, 11) is 0. The standard InChI is InChI=1S/C13H9Cl2IO/c14-9-3-6-12(15)11(7-9)13(17)8-1-4-10(16)5-2-8/h1-7,13,17H. The van der Waals surface area contributed by atoms with E-state index in [4.69, 9.17) is 23.2 Å². The molecule has 0 saturated carbocycles. The molecule has 0 fully saturated rings. The molecule has 0 aliphatic carbocycles. The summed E-state index contributed by atoms with van der Waals surface area (Å²) in [6.45, 7) is 0. The van der Waals surface area contributed by atoms with Gasteiger partial charge in [-0.15, -0.1) is 0 Å². The molecule has 0 saturated heterocycles. The molecule has 1 atom stereocenters. The van der Waals surface area contributed by atoms with Gasteiger partial charge in [0, 0.05) is 19.2 Å². The highest BCUT2D eigenvalue weighted by atomic mass is 127. The van der Waals surface area contributed by atoms with Crippen molar-refractivity contribution in [3.63, 3.8) is 0 Å². The van der Waals surface area contributed by atoms with Crippen molar-refractivity contribution in [2.45, 2.75) is 6.10 Å². The van der Waals surface area contributed by atoms with E-state index in [1.54, 1.807) is 18.2 Å². The summed E-state index contributed by atoms with van der Waals surface area (Å²) in [5.74, 6) is 0. The molecule has 0 radical (unpaired) electrons. The first kappa shape index (κ1) is 13.1. The molecule has 0 amide bonds. The Hall–Kier alpha value is -0.290. The molecule has 1 nitrogen and oxygen atoms in total. The van der Waals surface area contributed by atoms with Gasteiger partial charge in [0.05, 0.1) is 0 Å². The van der Waals surface area contributed by atoms with Gasteiger partial charge in [-0.2, -0.15) is 0 Å². The number of halogens is 3. The number of aliphatic hydroxyl groups excluding tert-OH is 1. The average Bonchev–Trinajstić information content (AvgIpc) is 2.32. The fourth-order valence-corrected chi connectivity index (χ4v) is 2.31. The van der Waals surface area contributed by atoms with Crippen molar-refractivity contribution in [1.29, 1.82) is 0 Å². The van der Waals surface area contributed by atoms with Crippen LogP contribution in [-0.4, -0.2) is 5.11 Å². The van der Waals surface area contributed by atoms with Gasteiger partial charge in [0.1, 0.15) is 6.10 Å². The van der Waals surface area contributed by atoms with Crippen LogP contribution in [0.15, 0.2) is 42.5 Å². The van der Waals surface area contributed by atoms with Crippen LogP contribution in [0.3, 0.4) is 0 Å². The maximum absolute atomic E-state index is 10.2. The van der Waals surface area contributed by atoms with E-state index in [-0.39, 0.29) is 0 Å². The van der Waals surface area contributed by atoms with Crippen LogP contribution >= 0.6 is 45.8 Å². The zero-order valence-electron chi connectivity index (χ0n) is 8.70. The van der Waals surface area contributed by atoms with Crippen molar-refractivity contribution in [3.8, 4) is 0 Å². The maximum atomic E-state index is 10.2. The summed E-state index contributed by atoms with van der Waals surface area (Å²) < 4.78 is 1.12. The largest absolute Gasteiger partial charge is 0.384 e. The Morgan fingerprint density at radius 1 is 1.00 bits per heavy atom. The average molecular weight is 379 g/mol. The first-order valence-electron chi connectivity index (χ1n) is 4.96. The highest BCUT2D eigenvalue weighted by Crippen LogP contribution is 2.30. The molecule has 0 aromatic heterocycles. The lowest BCUT2D eigenvalue weighted by molar-refractivity contribution is 0.220. The Kier molecular flexibility index (Phi) is 4.31. The van der Waals surface area contributed by atoms with Crippen molar-refractivity contribution >= 4 is 45.8 Å². The molecule has 2 rings (SSSR count). The van der Waals surface area contributed by atoms with Crippen molar-refractivity contribution < 1.29 is 5.11 Å². The topological polar surface area (TPSA) is 20.2 Å². The van der Waals surface area contributed by atoms with E-state index in [1.165, 1.54) is 0 Å². The van der Waals surface area contributed by atoms with Gasteiger partial charge in [-0.1, -0.05) is 35.3 Å². The van der Waals surface area contributed by atoms with E-state index in [0.29, 0.717) is 15.6 Å². The van der Waals surface area contributed by atoms with E-state index in [9.17, 15) is 5.11 Å². The van der Waals surface area contributed by atoms with Gasteiger partial charge in [0.2, 0.25) is 0 Å². The zero-order chi connectivity index (χ0) is 12.4. The molecule has 2 aromatic rings. The molecule has 0 bridgehead atoms. The van der Waals surface area contributed by atoms with Gasteiger partial charge in [-0.05, 0) is 58.5 Å². The SMILES string of the molecule is OC(c1ccc(I)cc1)c1cc(Cl)ccc1Cl. The molecule has 0 heterocycles. The second kappa shape index (κ2) is 5.57.